The van der Waals surface area contributed by atoms with Crippen LogP contribution in [0.4, 0.5) is 11.4 Å². The minimum absolute atomic E-state index is 0.221. The van der Waals surface area contributed by atoms with E-state index in [-0.39, 0.29) is 10.6 Å². The molecule has 1 aliphatic rings. The number of nitro groups is 1. The highest BCUT2D eigenvalue weighted by Gasteiger charge is 2.26. The average Bonchev–Trinajstić information content (AvgIpc) is 2.52. The Morgan fingerprint density at radius 1 is 1.39 bits per heavy atom. The molecule has 0 unspecified atom stereocenters. The fourth-order valence-corrected chi connectivity index (χ4v) is 3.35. The predicted octanol–water partition coefficient (Wildman–Crippen LogP) is 1.07. The molecule has 0 aliphatic carbocycles. The first kappa shape index (κ1) is 17.6. The van der Waals surface area contributed by atoms with E-state index in [1.807, 2.05) is 4.90 Å². The molecule has 3 N–H and O–H groups in total. The quantitative estimate of drug-likeness (QED) is 0.589. The van der Waals surface area contributed by atoms with Gasteiger partial charge in [-0.25, -0.2) is 13.6 Å². The molecule has 2 rings (SSSR count). The number of sulfonamides is 1. The Morgan fingerprint density at radius 3 is 2.57 bits per heavy atom. The van der Waals surface area contributed by atoms with Gasteiger partial charge in [0, 0.05) is 19.2 Å². The van der Waals surface area contributed by atoms with Crippen LogP contribution in [0.5, 0.6) is 0 Å². The Hall–Kier alpha value is -1.71. The lowest BCUT2D eigenvalue weighted by Crippen LogP contribution is -2.37. The van der Waals surface area contributed by atoms with Crippen molar-refractivity contribution in [3.63, 3.8) is 0 Å². The largest absolute Gasteiger partial charge is 0.366 e. The zero-order valence-corrected chi connectivity index (χ0v) is 13.9. The highest BCUT2D eigenvalue weighted by molar-refractivity contribution is 7.89. The fourth-order valence-electron chi connectivity index (χ4n) is 2.82. The first-order valence-electron chi connectivity index (χ1n) is 7.59. The smallest absolute Gasteiger partial charge is 0.293 e. The number of nitrogens with zero attached hydrogens (tertiary/aromatic N) is 2. The van der Waals surface area contributed by atoms with Gasteiger partial charge in [0.1, 0.15) is 5.69 Å². The van der Waals surface area contributed by atoms with Crippen molar-refractivity contribution in [2.45, 2.75) is 24.7 Å². The van der Waals surface area contributed by atoms with Gasteiger partial charge in [0.25, 0.3) is 5.69 Å². The molecular weight excluding hydrogens is 320 g/mol. The van der Waals surface area contributed by atoms with Crippen LogP contribution in [0.3, 0.4) is 0 Å². The Labute approximate surface area is 135 Å². The number of primary sulfonamides is 1. The van der Waals surface area contributed by atoms with Crippen molar-refractivity contribution in [3.05, 3.63) is 28.3 Å². The van der Waals surface area contributed by atoms with Gasteiger partial charge in [-0.05, 0) is 44.0 Å². The van der Waals surface area contributed by atoms with Crippen molar-refractivity contribution < 1.29 is 13.3 Å². The first-order chi connectivity index (χ1) is 10.8. The third kappa shape index (κ3) is 4.40. The zero-order chi connectivity index (χ0) is 17.0. The maximum Gasteiger partial charge on any atom is 0.293 e. The molecule has 1 aromatic carbocycles. The molecule has 1 fully saturated rings. The first-order valence-corrected chi connectivity index (χ1v) is 9.14. The zero-order valence-electron chi connectivity index (χ0n) is 13.1. The normalized spacial score (nSPS) is 16.5. The van der Waals surface area contributed by atoms with Crippen molar-refractivity contribution in [1.82, 2.24) is 5.32 Å². The van der Waals surface area contributed by atoms with Crippen LogP contribution in [0, 0.1) is 16.0 Å². The molecule has 1 saturated heterocycles. The van der Waals surface area contributed by atoms with Gasteiger partial charge in [-0.15, -0.1) is 0 Å². The number of rotatable bonds is 6. The van der Waals surface area contributed by atoms with E-state index >= 15 is 0 Å². The summed E-state index contributed by atoms with van der Waals surface area (Å²) in [5, 5.41) is 19.6. The van der Waals surface area contributed by atoms with Gasteiger partial charge in [-0.1, -0.05) is 6.92 Å². The number of nitrogens with two attached hydrogens (primary N) is 1. The number of hydrogen-bond acceptors (Lipinski definition) is 6. The summed E-state index contributed by atoms with van der Waals surface area (Å²) < 4.78 is 22.7. The van der Waals surface area contributed by atoms with Gasteiger partial charge >= 0.3 is 0 Å². The maximum atomic E-state index is 11.4. The SMILES string of the molecule is CCNCC1CCN(c2ccc(S(N)(=O)=O)cc2[N+](=O)[O-])CC1. The Kier molecular flexibility index (Phi) is 5.55. The monoisotopic (exact) mass is 342 g/mol. The van der Waals surface area contributed by atoms with Crippen LogP contribution in [0.1, 0.15) is 19.8 Å². The van der Waals surface area contributed by atoms with Gasteiger partial charge in [0.2, 0.25) is 10.0 Å². The predicted molar refractivity (Wildman–Crippen MR) is 88.0 cm³/mol. The summed E-state index contributed by atoms with van der Waals surface area (Å²) in [7, 11) is -3.96. The molecule has 23 heavy (non-hydrogen) atoms. The van der Waals surface area contributed by atoms with Crippen LogP contribution >= 0.6 is 0 Å². The van der Waals surface area contributed by atoms with Crippen LogP contribution in [0.15, 0.2) is 23.1 Å². The molecule has 0 bridgehead atoms. The number of benzene rings is 1. The number of nitrogens with one attached hydrogen (secondary N) is 1. The topological polar surface area (TPSA) is 119 Å². The number of piperidine rings is 1. The molecule has 0 radical (unpaired) electrons. The van der Waals surface area contributed by atoms with Crippen LogP contribution < -0.4 is 15.4 Å². The second-order valence-corrected chi connectivity index (χ2v) is 7.25. The molecule has 128 valence electrons. The van der Waals surface area contributed by atoms with E-state index in [1.54, 1.807) is 0 Å². The Morgan fingerprint density at radius 2 is 2.04 bits per heavy atom. The van der Waals surface area contributed by atoms with Crippen molar-refractivity contribution in [2.75, 3.05) is 31.1 Å². The van der Waals surface area contributed by atoms with E-state index in [0.29, 0.717) is 24.7 Å². The van der Waals surface area contributed by atoms with E-state index in [2.05, 4.69) is 12.2 Å². The fraction of sp³-hybridized carbons (Fsp3) is 0.571. The third-order valence-corrected chi connectivity index (χ3v) is 5.02. The molecule has 0 amide bonds. The van der Waals surface area contributed by atoms with Gasteiger partial charge in [0.05, 0.1) is 9.82 Å². The van der Waals surface area contributed by atoms with Gasteiger partial charge in [-0.2, -0.15) is 0 Å². The Bertz CT molecular complexity index is 669. The maximum absolute atomic E-state index is 11.4. The summed E-state index contributed by atoms with van der Waals surface area (Å²) in [6.45, 7) is 5.38. The molecule has 8 nitrogen and oxygen atoms in total. The molecule has 0 atom stereocenters. The van der Waals surface area contributed by atoms with Gasteiger partial charge in [-0.3, -0.25) is 10.1 Å². The highest BCUT2D eigenvalue weighted by atomic mass is 32.2. The van der Waals surface area contributed by atoms with E-state index in [9.17, 15) is 18.5 Å². The third-order valence-electron chi connectivity index (χ3n) is 4.11. The molecule has 0 spiro atoms. The number of hydrogen-bond donors (Lipinski definition) is 2. The highest BCUT2D eigenvalue weighted by Crippen LogP contribution is 2.33. The summed E-state index contributed by atoms with van der Waals surface area (Å²) in [5.41, 5.74) is 0.228. The van der Waals surface area contributed by atoms with Crippen LogP contribution in [0.25, 0.3) is 0 Å². The van der Waals surface area contributed by atoms with Crippen LogP contribution in [-0.4, -0.2) is 39.5 Å². The van der Waals surface area contributed by atoms with E-state index in [4.69, 9.17) is 5.14 Å². The van der Waals surface area contributed by atoms with Gasteiger partial charge in [0.15, 0.2) is 0 Å². The van der Waals surface area contributed by atoms with Crippen LogP contribution in [0.2, 0.25) is 0 Å². The molecule has 1 aliphatic heterocycles. The van der Waals surface area contributed by atoms with E-state index in [1.165, 1.54) is 12.1 Å². The van der Waals surface area contributed by atoms with Crippen molar-refractivity contribution in [3.8, 4) is 0 Å². The van der Waals surface area contributed by atoms with Crippen molar-refractivity contribution in [2.24, 2.45) is 11.1 Å². The molecule has 0 saturated carbocycles. The number of anilines is 1. The second kappa shape index (κ2) is 7.24. The van der Waals surface area contributed by atoms with E-state index in [0.717, 1.165) is 32.0 Å². The van der Waals surface area contributed by atoms with Gasteiger partial charge < -0.3 is 10.2 Å². The standard InChI is InChI=1S/C14H22N4O4S/c1-2-16-10-11-5-7-17(8-6-11)13-4-3-12(23(15,21)22)9-14(13)18(19)20/h3-4,9,11,16H,2,5-8,10H2,1H3,(H2,15,21,22). The average molecular weight is 342 g/mol. The van der Waals surface area contributed by atoms with Crippen molar-refractivity contribution >= 4 is 21.4 Å². The Balaban J connectivity index is 2.19. The molecule has 9 heteroatoms. The number of nitro benzene ring substituents is 1. The van der Waals surface area contributed by atoms with Crippen molar-refractivity contribution in [1.29, 1.82) is 0 Å². The summed E-state index contributed by atoms with van der Waals surface area (Å²) in [5.74, 6) is 0.564. The summed E-state index contributed by atoms with van der Waals surface area (Å²) in [4.78, 5) is 12.4. The summed E-state index contributed by atoms with van der Waals surface area (Å²) in [6, 6.07) is 3.83. The lowest BCUT2D eigenvalue weighted by molar-refractivity contribution is -0.384. The molecule has 1 heterocycles. The summed E-state index contributed by atoms with van der Waals surface area (Å²) in [6.07, 6.45) is 1.89. The lowest BCUT2D eigenvalue weighted by atomic mass is 9.96. The second-order valence-electron chi connectivity index (χ2n) is 5.69. The lowest BCUT2D eigenvalue weighted by Gasteiger charge is -2.33. The molecular formula is C14H22N4O4S. The summed E-state index contributed by atoms with van der Waals surface area (Å²) >= 11 is 0. The minimum Gasteiger partial charge on any atom is -0.366 e. The molecule has 0 aromatic heterocycles. The van der Waals surface area contributed by atoms with E-state index < -0.39 is 14.9 Å². The van der Waals surface area contributed by atoms with Crippen LogP contribution in [-0.2, 0) is 10.0 Å². The molecule has 1 aromatic rings. The minimum atomic E-state index is -3.96.